The molecule has 3 rings (SSSR count). The van der Waals surface area contributed by atoms with E-state index in [9.17, 15) is 4.39 Å². The number of halogens is 1. The molecule has 1 aliphatic heterocycles. The summed E-state index contributed by atoms with van der Waals surface area (Å²) in [7, 11) is 2.09. The summed E-state index contributed by atoms with van der Waals surface area (Å²) >= 11 is 0. The Balaban J connectivity index is 1.91. The third-order valence-electron chi connectivity index (χ3n) is 4.94. The zero-order chi connectivity index (χ0) is 18.7. The predicted molar refractivity (Wildman–Crippen MR) is 102 cm³/mol. The first-order chi connectivity index (χ1) is 12.5. The molecular formula is C20H26FN5. The zero-order valence-electron chi connectivity index (χ0n) is 15.0. The summed E-state index contributed by atoms with van der Waals surface area (Å²) in [4.78, 5) is 6.41. The Morgan fingerprint density at radius 3 is 2.58 bits per heavy atom. The van der Waals surface area contributed by atoms with E-state index in [1.54, 1.807) is 12.1 Å². The molecule has 2 heterocycles. The lowest BCUT2D eigenvalue weighted by atomic mass is 10.0. The number of hydrogen-bond donors (Lipinski definition) is 3. The van der Waals surface area contributed by atoms with E-state index in [1.807, 2.05) is 30.3 Å². The normalized spacial score (nSPS) is 18.9. The highest BCUT2D eigenvalue weighted by molar-refractivity contribution is 5.31. The lowest BCUT2D eigenvalue weighted by molar-refractivity contribution is 0.330. The Bertz CT molecular complexity index is 762. The van der Waals surface area contributed by atoms with Crippen molar-refractivity contribution in [2.75, 3.05) is 13.6 Å². The van der Waals surface area contributed by atoms with Gasteiger partial charge in [-0.15, -0.1) is 0 Å². The van der Waals surface area contributed by atoms with Crippen LogP contribution in [-0.2, 0) is 0 Å². The SMILES string of the molecule is C=C(N[C@@H](c1ccccc1)c1ccc(C(N)N)c(F)n1)C1CCCN1C. The molecule has 1 saturated heterocycles. The van der Waals surface area contributed by atoms with Gasteiger partial charge in [-0.3, -0.25) is 4.90 Å². The molecule has 5 N–H and O–H groups in total. The second-order valence-electron chi connectivity index (χ2n) is 6.79. The zero-order valence-corrected chi connectivity index (χ0v) is 15.0. The maximum atomic E-state index is 14.3. The van der Waals surface area contributed by atoms with E-state index in [1.165, 1.54) is 0 Å². The van der Waals surface area contributed by atoms with Crippen LogP contribution in [-0.4, -0.2) is 29.5 Å². The van der Waals surface area contributed by atoms with E-state index in [-0.39, 0.29) is 17.6 Å². The van der Waals surface area contributed by atoms with Crippen LogP contribution < -0.4 is 16.8 Å². The molecule has 0 radical (unpaired) electrons. The van der Waals surface area contributed by atoms with Crippen LogP contribution in [0.5, 0.6) is 0 Å². The number of nitrogens with two attached hydrogens (primary N) is 2. The number of likely N-dealkylation sites (N-methyl/N-ethyl adjacent to an activating group) is 1. The summed E-state index contributed by atoms with van der Waals surface area (Å²) in [6, 6.07) is 13.2. The summed E-state index contributed by atoms with van der Waals surface area (Å²) in [6.45, 7) is 5.28. The van der Waals surface area contributed by atoms with Crippen molar-refractivity contribution < 1.29 is 4.39 Å². The topological polar surface area (TPSA) is 80.2 Å². The minimum Gasteiger partial charge on any atom is -0.375 e. The van der Waals surface area contributed by atoms with Crippen molar-refractivity contribution in [2.45, 2.75) is 31.1 Å². The molecule has 1 aromatic heterocycles. The van der Waals surface area contributed by atoms with Crippen molar-refractivity contribution in [3.63, 3.8) is 0 Å². The predicted octanol–water partition coefficient (Wildman–Crippen LogP) is 2.42. The molecule has 1 aliphatic rings. The molecule has 2 aromatic rings. The monoisotopic (exact) mass is 355 g/mol. The third-order valence-corrected chi connectivity index (χ3v) is 4.94. The highest BCUT2D eigenvalue weighted by Gasteiger charge is 2.26. The molecule has 0 bridgehead atoms. The van der Waals surface area contributed by atoms with Crippen LogP contribution in [0.2, 0.25) is 0 Å². The van der Waals surface area contributed by atoms with E-state index < -0.39 is 12.1 Å². The minimum atomic E-state index is -0.887. The standard InChI is InChI=1S/C20H26FN5/c1-13(17-9-6-12-26(17)2)24-18(14-7-4-3-5-8-14)16-11-10-15(20(22)23)19(21)25-16/h3-5,7-8,10-11,17-18,20,24H,1,6,9,12,22-23H2,2H3/t17?,18-/m0/s1. The largest absolute Gasteiger partial charge is 0.375 e. The average Bonchev–Trinajstić information content (AvgIpc) is 3.06. The van der Waals surface area contributed by atoms with Crippen LogP contribution in [0.25, 0.3) is 0 Å². The fourth-order valence-electron chi connectivity index (χ4n) is 3.47. The molecule has 6 heteroatoms. The highest BCUT2D eigenvalue weighted by Crippen LogP contribution is 2.26. The van der Waals surface area contributed by atoms with Crippen LogP contribution in [0.4, 0.5) is 4.39 Å². The number of hydrogen-bond acceptors (Lipinski definition) is 5. The van der Waals surface area contributed by atoms with Gasteiger partial charge in [0.05, 0.1) is 17.9 Å². The Kier molecular flexibility index (Phi) is 5.66. The number of benzene rings is 1. The van der Waals surface area contributed by atoms with Crippen molar-refractivity contribution >= 4 is 0 Å². The number of nitrogens with one attached hydrogen (secondary N) is 1. The first kappa shape index (κ1) is 18.5. The van der Waals surface area contributed by atoms with Crippen molar-refractivity contribution in [1.82, 2.24) is 15.2 Å². The molecule has 0 amide bonds. The Morgan fingerprint density at radius 1 is 1.27 bits per heavy atom. The van der Waals surface area contributed by atoms with E-state index >= 15 is 0 Å². The Morgan fingerprint density at radius 2 is 2.00 bits per heavy atom. The lowest BCUT2D eigenvalue weighted by Gasteiger charge is -2.28. The number of nitrogens with zero attached hydrogens (tertiary/aromatic N) is 2. The lowest BCUT2D eigenvalue weighted by Crippen LogP contribution is -2.35. The van der Waals surface area contributed by atoms with Crippen LogP contribution in [0.15, 0.2) is 54.7 Å². The summed E-state index contributed by atoms with van der Waals surface area (Å²) in [6.07, 6.45) is 1.32. The smallest absolute Gasteiger partial charge is 0.219 e. The summed E-state index contributed by atoms with van der Waals surface area (Å²) in [5.41, 5.74) is 13.9. The quantitative estimate of drug-likeness (QED) is 0.548. The molecule has 5 nitrogen and oxygen atoms in total. The van der Waals surface area contributed by atoms with E-state index in [0.29, 0.717) is 5.69 Å². The number of rotatable bonds is 6. The fraction of sp³-hybridized carbons (Fsp3) is 0.350. The molecule has 0 spiro atoms. The van der Waals surface area contributed by atoms with Crippen molar-refractivity contribution in [2.24, 2.45) is 11.5 Å². The molecule has 0 saturated carbocycles. The van der Waals surface area contributed by atoms with Gasteiger partial charge in [0.15, 0.2) is 0 Å². The second kappa shape index (κ2) is 7.95. The van der Waals surface area contributed by atoms with E-state index in [2.05, 4.69) is 28.8 Å². The van der Waals surface area contributed by atoms with Gasteiger partial charge in [0.25, 0.3) is 0 Å². The van der Waals surface area contributed by atoms with Gasteiger partial charge in [0.1, 0.15) is 0 Å². The highest BCUT2D eigenvalue weighted by atomic mass is 19.1. The average molecular weight is 355 g/mol. The van der Waals surface area contributed by atoms with Gasteiger partial charge in [-0.05, 0) is 44.1 Å². The number of likely N-dealkylation sites (tertiary alicyclic amines) is 1. The molecule has 138 valence electrons. The van der Waals surface area contributed by atoms with Gasteiger partial charge in [-0.2, -0.15) is 4.39 Å². The van der Waals surface area contributed by atoms with Gasteiger partial charge < -0.3 is 16.8 Å². The first-order valence-corrected chi connectivity index (χ1v) is 8.85. The van der Waals surface area contributed by atoms with Crippen molar-refractivity contribution in [1.29, 1.82) is 0 Å². The number of aromatic nitrogens is 1. The number of pyridine rings is 1. The van der Waals surface area contributed by atoms with Gasteiger partial charge in [0.2, 0.25) is 5.95 Å². The fourth-order valence-corrected chi connectivity index (χ4v) is 3.47. The molecule has 2 atom stereocenters. The molecule has 0 aliphatic carbocycles. The van der Waals surface area contributed by atoms with Crippen LogP contribution in [0.3, 0.4) is 0 Å². The van der Waals surface area contributed by atoms with Gasteiger partial charge >= 0.3 is 0 Å². The molecular weight excluding hydrogens is 329 g/mol. The van der Waals surface area contributed by atoms with Crippen LogP contribution in [0, 0.1) is 5.95 Å². The minimum absolute atomic E-state index is 0.204. The van der Waals surface area contributed by atoms with Gasteiger partial charge in [-0.25, -0.2) is 4.98 Å². The first-order valence-electron chi connectivity index (χ1n) is 8.85. The van der Waals surface area contributed by atoms with Gasteiger partial charge in [0, 0.05) is 17.3 Å². The Hall–Kier alpha value is -2.28. The second-order valence-corrected chi connectivity index (χ2v) is 6.79. The van der Waals surface area contributed by atoms with E-state index in [0.717, 1.165) is 30.6 Å². The maximum Gasteiger partial charge on any atom is 0.219 e. The molecule has 1 fully saturated rings. The maximum absolute atomic E-state index is 14.3. The summed E-state index contributed by atoms with van der Waals surface area (Å²) < 4.78 is 14.3. The van der Waals surface area contributed by atoms with Crippen molar-refractivity contribution in [3.8, 4) is 0 Å². The van der Waals surface area contributed by atoms with Gasteiger partial charge in [-0.1, -0.05) is 36.9 Å². The third kappa shape index (κ3) is 3.93. The Labute approximate surface area is 153 Å². The van der Waals surface area contributed by atoms with Crippen LogP contribution >= 0.6 is 0 Å². The molecule has 1 unspecified atom stereocenters. The molecule has 1 aromatic carbocycles. The van der Waals surface area contributed by atoms with Crippen molar-refractivity contribution in [3.05, 3.63) is 77.5 Å². The molecule has 26 heavy (non-hydrogen) atoms. The van der Waals surface area contributed by atoms with Crippen LogP contribution in [0.1, 0.15) is 41.9 Å². The van der Waals surface area contributed by atoms with E-state index in [4.69, 9.17) is 11.5 Å². The summed E-state index contributed by atoms with van der Waals surface area (Å²) in [5, 5.41) is 3.47. The summed E-state index contributed by atoms with van der Waals surface area (Å²) in [5.74, 6) is -0.635.